The van der Waals surface area contributed by atoms with E-state index in [1.165, 1.54) is 0 Å². The number of benzene rings is 1. The summed E-state index contributed by atoms with van der Waals surface area (Å²) in [4.78, 5) is 0.186. The molecule has 4 nitrogen and oxygen atoms in total. The molecule has 6 heteroatoms. The van der Waals surface area contributed by atoms with Crippen LogP contribution in [0.4, 0.5) is 5.69 Å². The molecule has 0 spiro atoms. The Labute approximate surface area is 116 Å². The van der Waals surface area contributed by atoms with E-state index in [0.717, 1.165) is 19.3 Å². The number of anilines is 1. The van der Waals surface area contributed by atoms with Gasteiger partial charge in [0.25, 0.3) is 0 Å². The quantitative estimate of drug-likeness (QED) is 0.862. The fourth-order valence-corrected chi connectivity index (χ4v) is 4.23. The maximum absolute atomic E-state index is 12.3. The van der Waals surface area contributed by atoms with Crippen molar-refractivity contribution in [2.24, 2.45) is 0 Å². The molecule has 1 aliphatic rings. The van der Waals surface area contributed by atoms with Gasteiger partial charge in [0.05, 0.1) is 22.4 Å². The van der Waals surface area contributed by atoms with Crippen LogP contribution in [-0.4, -0.2) is 26.9 Å². The minimum Gasteiger partial charge on any atom is -0.398 e. The first-order valence-corrected chi connectivity index (χ1v) is 8.33. The van der Waals surface area contributed by atoms with Gasteiger partial charge in [-0.1, -0.05) is 15.9 Å². The van der Waals surface area contributed by atoms with E-state index in [1.807, 2.05) is 0 Å². The van der Waals surface area contributed by atoms with Crippen LogP contribution in [0.2, 0.25) is 0 Å². The highest BCUT2D eigenvalue weighted by atomic mass is 79.9. The molecule has 0 aromatic heterocycles. The van der Waals surface area contributed by atoms with E-state index < -0.39 is 9.84 Å². The molecule has 0 amide bonds. The number of hydrogen-bond acceptors (Lipinski definition) is 4. The summed E-state index contributed by atoms with van der Waals surface area (Å²) in [5.74, 6) is 0.00759. The Morgan fingerprint density at radius 3 is 2.83 bits per heavy atom. The van der Waals surface area contributed by atoms with Crippen molar-refractivity contribution in [3.05, 3.63) is 22.7 Å². The summed E-state index contributed by atoms with van der Waals surface area (Å²) in [6.45, 7) is 0.647. The van der Waals surface area contributed by atoms with E-state index >= 15 is 0 Å². The lowest BCUT2D eigenvalue weighted by Crippen LogP contribution is -2.28. The maximum Gasteiger partial charge on any atom is 0.182 e. The number of rotatable bonds is 3. The third-order valence-electron chi connectivity index (χ3n) is 2.99. The van der Waals surface area contributed by atoms with Crippen LogP contribution in [0.5, 0.6) is 0 Å². The molecule has 1 heterocycles. The Balaban J connectivity index is 2.21. The van der Waals surface area contributed by atoms with E-state index in [9.17, 15) is 8.42 Å². The van der Waals surface area contributed by atoms with Crippen molar-refractivity contribution in [3.63, 3.8) is 0 Å². The Hall–Kier alpha value is -0.590. The first-order valence-electron chi connectivity index (χ1n) is 5.88. The molecule has 1 unspecified atom stereocenters. The molecule has 1 saturated heterocycles. The van der Waals surface area contributed by atoms with Gasteiger partial charge in [-0.15, -0.1) is 0 Å². The van der Waals surface area contributed by atoms with Gasteiger partial charge in [0.1, 0.15) is 0 Å². The second kappa shape index (κ2) is 5.59. The zero-order valence-electron chi connectivity index (χ0n) is 9.93. The number of nitrogens with two attached hydrogens (primary N) is 1. The Bertz CT molecular complexity index is 524. The fraction of sp³-hybridized carbons (Fsp3) is 0.500. The second-order valence-electron chi connectivity index (χ2n) is 4.45. The number of sulfone groups is 1. The van der Waals surface area contributed by atoms with Crippen molar-refractivity contribution in [2.45, 2.75) is 30.3 Å². The van der Waals surface area contributed by atoms with E-state index in [4.69, 9.17) is 10.5 Å². The molecule has 100 valence electrons. The van der Waals surface area contributed by atoms with Crippen LogP contribution in [0.1, 0.15) is 19.3 Å². The zero-order chi connectivity index (χ0) is 13.2. The van der Waals surface area contributed by atoms with Crippen molar-refractivity contribution in [1.29, 1.82) is 0 Å². The van der Waals surface area contributed by atoms with Crippen molar-refractivity contribution in [3.8, 4) is 0 Å². The van der Waals surface area contributed by atoms with Crippen molar-refractivity contribution >= 4 is 31.5 Å². The number of ether oxygens (including phenoxy) is 1. The lowest BCUT2D eigenvalue weighted by atomic mass is 10.1. The van der Waals surface area contributed by atoms with Crippen LogP contribution >= 0.6 is 15.9 Å². The van der Waals surface area contributed by atoms with Gasteiger partial charge < -0.3 is 10.5 Å². The smallest absolute Gasteiger partial charge is 0.182 e. The molecule has 1 aliphatic heterocycles. The molecule has 0 aliphatic carbocycles. The molecule has 0 radical (unpaired) electrons. The average molecular weight is 334 g/mol. The summed E-state index contributed by atoms with van der Waals surface area (Å²) in [6, 6.07) is 4.87. The lowest BCUT2D eigenvalue weighted by molar-refractivity contribution is 0.0305. The standard InChI is InChI=1S/C12H16BrNO3S/c13-9-4-5-11(14)12(7-9)18(15,16)8-10-3-1-2-6-17-10/h4-5,7,10H,1-3,6,8,14H2. The molecule has 1 aromatic rings. The second-order valence-corrected chi connectivity index (χ2v) is 7.37. The molecule has 1 fully saturated rings. The fourth-order valence-electron chi connectivity index (χ4n) is 2.05. The largest absolute Gasteiger partial charge is 0.398 e. The first-order chi connectivity index (χ1) is 8.49. The highest BCUT2D eigenvalue weighted by molar-refractivity contribution is 9.10. The van der Waals surface area contributed by atoms with Crippen LogP contribution in [0.3, 0.4) is 0 Å². The van der Waals surface area contributed by atoms with Gasteiger partial charge in [-0.25, -0.2) is 8.42 Å². The third-order valence-corrected chi connectivity index (χ3v) is 5.32. The monoisotopic (exact) mass is 333 g/mol. The van der Waals surface area contributed by atoms with Gasteiger partial charge in [-0.3, -0.25) is 0 Å². The summed E-state index contributed by atoms with van der Waals surface area (Å²) < 4.78 is 30.8. The molecule has 2 rings (SSSR count). The Morgan fingerprint density at radius 2 is 2.17 bits per heavy atom. The van der Waals surface area contributed by atoms with Gasteiger partial charge in [-0.05, 0) is 37.5 Å². The summed E-state index contributed by atoms with van der Waals surface area (Å²) in [5, 5.41) is 0. The average Bonchev–Trinajstić information content (AvgIpc) is 2.33. The summed E-state index contributed by atoms with van der Waals surface area (Å²) >= 11 is 3.26. The van der Waals surface area contributed by atoms with E-state index in [1.54, 1.807) is 18.2 Å². The zero-order valence-corrected chi connectivity index (χ0v) is 12.3. The highest BCUT2D eigenvalue weighted by Crippen LogP contribution is 2.26. The molecule has 0 saturated carbocycles. The van der Waals surface area contributed by atoms with Crippen LogP contribution in [0.15, 0.2) is 27.6 Å². The van der Waals surface area contributed by atoms with Gasteiger partial charge in [0.15, 0.2) is 9.84 Å². The number of hydrogen-bond donors (Lipinski definition) is 1. The minimum atomic E-state index is -3.39. The maximum atomic E-state index is 12.3. The van der Waals surface area contributed by atoms with Gasteiger partial charge in [0, 0.05) is 11.1 Å². The molecular weight excluding hydrogens is 318 g/mol. The van der Waals surface area contributed by atoms with Gasteiger partial charge in [-0.2, -0.15) is 0 Å². The lowest BCUT2D eigenvalue weighted by Gasteiger charge is -2.22. The number of nitrogen functional groups attached to an aromatic ring is 1. The van der Waals surface area contributed by atoms with Crippen molar-refractivity contribution in [1.82, 2.24) is 0 Å². The SMILES string of the molecule is Nc1ccc(Br)cc1S(=O)(=O)CC1CCCCO1. The van der Waals surface area contributed by atoms with Crippen molar-refractivity contribution in [2.75, 3.05) is 18.1 Å². The molecular formula is C12H16BrNO3S. The summed E-state index contributed by atoms with van der Waals surface area (Å²) in [5.41, 5.74) is 6.03. The Morgan fingerprint density at radius 1 is 1.39 bits per heavy atom. The van der Waals surface area contributed by atoms with E-state index in [-0.39, 0.29) is 22.4 Å². The molecule has 1 atom stereocenters. The van der Waals surface area contributed by atoms with Gasteiger partial charge >= 0.3 is 0 Å². The van der Waals surface area contributed by atoms with E-state index in [0.29, 0.717) is 11.1 Å². The predicted molar refractivity (Wildman–Crippen MR) is 74.2 cm³/mol. The van der Waals surface area contributed by atoms with Crippen molar-refractivity contribution < 1.29 is 13.2 Å². The molecule has 2 N–H and O–H groups in total. The van der Waals surface area contributed by atoms with Gasteiger partial charge in [0.2, 0.25) is 0 Å². The van der Waals surface area contributed by atoms with Crippen LogP contribution in [-0.2, 0) is 14.6 Å². The summed E-state index contributed by atoms with van der Waals surface area (Å²) in [6.07, 6.45) is 2.62. The third kappa shape index (κ3) is 3.24. The topological polar surface area (TPSA) is 69.4 Å². The van der Waals surface area contributed by atoms with Crippen LogP contribution in [0.25, 0.3) is 0 Å². The molecule has 18 heavy (non-hydrogen) atoms. The Kier molecular flexibility index (Phi) is 4.29. The van der Waals surface area contributed by atoms with Crippen LogP contribution in [0, 0.1) is 0 Å². The first kappa shape index (κ1) is 13.8. The predicted octanol–water partition coefficient (Wildman–Crippen LogP) is 2.37. The molecule has 0 bridgehead atoms. The number of halogens is 1. The normalized spacial score (nSPS) is 20.8. The highest BCUT2D eigenvalue weighted by Gasteiger charge is 2.25. The van der Waals surface area contributed by atoms with Crippen LogP contribution < -0.4 is 5.73 Å². The summed E-state index contributed by atoms with van der Waals surface area (Å²) in [7, 11) is -3.39. The molecule has 1 aromatic carbocycles. The van der Waals surface area contributed by atoms with E-state index in [2.05, 4.69) is 15.9 Å². The minimum absolute atomic E-state index is 0.00759.